The Bertz CT molecular complexity index is 1320. The first kappa shape index (κ1) is 34.6. The molecule has 0 unspecified atom stereocenters. The molecular weight excluding hydrogens is 604 g/mol. The first-order valence-electron chi connectivity index (χ1n) is 13.5. The molecule has 1 aliphatic heterocycles. The molecule has 238 valence electrons. The van der Waals surface area contributed by atoms with Crippen LogP contribution in [0, 0.1) is 13.8 Å². The third kappa shape index (κ3) is 11.6. The third-order valence-electron chi connectivity index (χ3n) is 6.64. The topological polar surface area (TPSA) is 232 Å². The first-order valence-corrected chi connectivity index (χ1v) is 17.1. The van der Waals surface area contributed by atoms with E-state index >= 15 is 0 Å². The number of aryl methyl sites for hydroxylation is 2. The van der Waals surface area contributed by atoms with Crippen molar-refractivity contribution in [1.82, 2.24) is 15.1 Å². The molecule has 1 aliphatic rings. The Morgan fingerprint density at radius 3 is 1.44 bits per heavy atom. The summed E-state index contributed by atoms with van der Waals surface area (Å²) in [7, 11) is -9.14. The number of amides is 2. The van der Waals surface area contributed by atoms with E-state index in [-0.39, 0.29) is 22.9 Å². The van der Waals surface area contributed by atoms with Crippen LogP contribution in [0.4, 0.5) is 11.4 Å². The lowest BCUT2D eigenvalue weighted by Crippen LogP contribution is -2.35. The molecule has 2 aromatic carbocycles. The van der Waals surface area contributed by atoms with Gasteiger partial charge in [0, 0.05) is 63.5 Å². The van der Waals surface area contributed by atoms with Gasteiger partial charge in [0.2, 0.25) is 11.8 Å². The molecule has 2 aromatic rings. The Hall–Kier alpha value is -2.84. The number of aromatic hydroxyl groups is 2. The van der Waals surface area contributed by atoms with Crippen molar-refractivity contribution in [3.63, 3.8) is 0 Å². The number of carbonyl (C=O) groups excluding carboxylic acids is 2. The van der Waals surface area contributed by atoms with Crippen molar-refractivity contribution in [2.24, 2.45) is 0 Å². The molecule has 0 bridgehead atoms. The van der Waals surface area contributed by atoms with Crippen LogP contribution in [0.1, 0.15) is 22.3 Å². The maximum atomic E-state index is 12.1. The number of hydrogen-bond acceptors (Lipinski definition) is 9. The number of anilines is 2. The zero-order valence-electron chi connectivity index (χ0n) is 24.0. The van der Waals surface area contributed by atoms with Crippen LogP contribution in [0.3, 0.4) is 0 Å². The van der Waals surface area contributed by atoms with E-state index < -0.39 is 39.3 Å². The number of nitrogens with zero attached hydrogens (tertiary/aromatic N) is 2. The molecule has 3 rings (SSSR count). The molecule has 15 nitrogen and oxygen atoms in total. The van der Waals surface area contributed by atoms with Crippen LogP contribution in [0.25, 0.3) is 0 Å². The quantitative estimate of drug-likeness (QED) is 0.129. The summed E-state index contributed by atoms with van der Waals surface area (Å²) in [6.07, 6.45) is -2.00. The second kappa shape index (κ2) is 14.8. The van der Waals surface area contributed by atoms with Crippen molar-refractivity contribution in [3.05, 3.63) is 46.5 Å². The van der Waals surface area contributed by atoms with Crippen LogP contribution in [-0.4, -0.2) is 103 Å². The number of benzene rings is 2. The van der Waals surface area contributed by atoms with E-state index in [9.17, 15) is 28.9 Å². The molecule has 0 spiro atoms. The van der Waals surface area contributed by atoms with Gasteiger partial charge in [0.1, 0.15) is 23.8 Å². The van der Waals surface area contributed by atoms with Gasteiger partial charge in [0.15, 0.2) is 0 Å². The maximum Gasteiger partial charge on any atom is 0.334 e. The Morgan fingerprint density at radius 1 is 0.721 bits per heavy atom. The van der Waals surface area contributed by atoms with Gasteiger partial charge >= 0.3 is 15.2 Å². The summed E-state index contributed by atoms with van der Waals surface area (Å²) in [4.78, 5) is 64.6. The highest BCUT2D eigenvalue weighted by Gasteiger charge is 2.23. The molecular formula is C26H39N5O10P2. The highest BCUT2D eigenvalue weighted by atomic mass is 31.2. The number of hydrogen-bond donors (Lipinski definition) is 9. The second-order valence-corrected chi connectivity index (χ2v) is 14.0. The molecule has 1 saturated heterocycles. The molecule has 1 fully saturated rings. The first-order chi connectivity index (χ1) is 20.0. The van der Waals surface area contributed by atoms with Gasteiger partial charge in [-0.3, -0.25) is 28.5 Å². The minimum Gasteiger partial charge on any atom is -0.505 e. The molecule has 0 radical (unpaired) electrons. The van der Waals surface area contributed by atoms with Gasteiger partial charge in [0.25, 0.3) is 0 Å². The highest BCUT2D eigenvalue weighted by molar-refractivity contribution is 7.53. The third-order valence-corrected chi connectivity index (χ3v) is 8.04. The largest absolute Gasteiger partial charge is 0.505 e. The molecule has 43 heavy (non-hydrogen) atoms. The minimum absolute atomic E-state index is 0.0658. The Balaban J connectivity index is 1.72. The molecule has 0 atom stereocenters. The van der Waals surface area contributed by atoms with E-state index in [1.54, 1.807) is 26.0 Å². The van der Waals surface area contributed by atoms with Gasteiger partial charge in [0.05, 0.1) is 11.4 Å². The van der Waals surface area contributed by atoms with Crippen LogP contribution >= 0.6 is 15.2 Å². The number of carbonyl (C=O) groups is 2. The number of phenols is 2. The van der Waals surface area contributed by atoms with Crippen LogP contribution in [0.2, 0.25) is 0 Å². The molecule has 9 N–H and O–H groups in total. The van der Waals surface area contributed by atoms with E-state index in [2.05, 4.69) is 25.8 Å². The van der Waals surface area contributed by atoms with Gasteiger partial charge < -0.3 is 45.7 Å². The molecule has 2 amide bonds. The maximum absolute atomic E-state index is 12.1. The summed E-state index contributed by atoms with van der Waals surface area (Å²) in [5, 5.41) is 29.8. The van der Waals surface area contributed by atoms with Crippen LogP contribution in [0.5, 0.6) is 11.5 Å². The zero-order chi connectivity index (χ0) is 31.9. The average Bonchev–Trinajstić information content (AvgIpc) is 2.95. The predicted molar refractivity (Wildman–Crippen MR) is 160 cm³/mol. The van der Waals surface area contributed by atoms with Crippen LogP contribution in [-0.2, 0) is 31.8 Å². The lowest BCUT2D eigenvalue weighted by atomic mass is 10.1. The van der Waals surface area contributed by atoms with Crippen molar-refractivity contribution in [1.29, 1.82) is 0 Å². The molecule has 0 aromatic heterocycles. The van der Waals surface area contributed by atoms with E-state index in [1.165, 1.54) is 12.1 Å². The minimum atomic E-state index is -4.57. The van der Waals surface area contributed by atoms with E-state index in [4.69, 9.17) is 19.6 Å². The summed E-state index contributed by atoms with van der Waals surface area (Å²) >= 11 is 0. The fourth-order valence-electron chi connectivity index (χ4n) is 4.80. The van der Waals surface area contributed by atoms with Gasteiger partial charge in [-0.25, -0.2) is 0 Å². The number of phenolic OH excluding ortho intramolecular Hbond substituents is 2. The fraction of sp³-hybridized carbons (Fsp3) is 0.462. The fourth-order valence-corrected chi connectivity index (χ4v) is 5.70. The van der Waals surface area contributed by atoms with Crippen molar-refractivity contribution >= 4 is 38.4 Å². The lowest BCUT2D eigenvalue weighted by Gasteiger charge is -2.27. The van der Waals surface area contributed by atoms with Crippen LogP contribution < -0.4 is 16.0 Å². The Labute approximate surface area is 249 Å². The van der Waals surface area contributed by atoms with E-state index in [1.807, 2.05) is 0 Å². The normalized spacial score (nSPS) is 15.8. The van der Waals surface area contributed by atoms with Crippen molar-refractivity contribution in [2.75, 3.05) is 62.2 Å². The monoisotopic (exact) mass is 643 g/mol. The van der Waals surface area contributed by atoms with Gasteiger partial charge in [-0.2, -0.15) is 0 Å². The summed E-state index contributed by atoms with van der Waals surface area (Å²) in [5.74, 6) is -2.20. The van der Waals surface area contributed by atoms with E-state index in [0.717, 1.165) is 11.1 Å². The SMILES string of the molecule is Cc1cc(CN2CCNCCN(Cc3cc(C)cc(NC(=O)CP(=O)(O)O)c3O)CC2)c(O)c(NC(=O)CP(=O)(O)O)c1. The van der Waals surface area contributed by atoms with Crippen molar-refractivity contribution < 1.29 is 48.5 Å². The Morgan fingerprint density at radius 2 is 1.09 bits per heavy atom. The standard InChI is InChI=1S/C26H39N5O10P2/c1-17-9-19(25(34)21(11-17)28-23(32)15-42(36,37)38)13-30-5-3-27-4-6-31(8-7-30)14-20-10-18(2)12-22(26(20)35)29-24(33)16-43(39,40)41/h9-12,27,34-35H,3-8,13-16H2,1-2H3,(H,28,32)(H,29,33)(H2,36,37,38)(H2,39,40,41). The summed E-state index contributed by atoms with van der Waals surface area (Å²) in [5.41, 5.74) is 2.67. The highest BCUT2D eigenvalue weighted by Crippen LogP contribution is 2.37. The Kier molecular flexibility index (Phi) is 11.9. The van der Waals surface area contributed by atoms with Crippen molar-refractivity contribution in [2.45, 2.75) is 26.9 Å². The molecule has 0 aliphatic carbocycles. The second-order valence-electron chi connectivity index (χ2n) is 10.7. The molecule has 1 heterocycles. The average molecular weight is 644 g/mol. The summed E-state index contributed by atoms with van der Waals surface area (Å²) < 4.78 is 22.4. The molecule has 0 saturated carbocycles. The summed E-state index contributed by atoms with van der Waals surface area (Å²) in [6.45, 7) is 7.99. The van der Waals surface area contributed by atoms with E-state index in [0.29, 0.717) is 63.5 Å². The number of rotatable bonds is 10. The van der Waals surface area contributed by atoms with Crippen molar-refractivity contribution in [3.8, 4) is 11.5 Å². The van der Waals surface area contributed by atoms with Gasteiger partial charge in [-0.1, -0.05) is 12.1 Å². The predicted octanol–water partition coefficient (Wildman–Crippen LogP) is 0.854. The molecule has 17 heteroatoms. The zero-order valence-corrected chi connectivity index (χ0v) is 25.8. The number of nitrogens with one attached hydrogen (secondary N) is 3. The lowest BCUT2D eigenvalue weighted by molar-refractivity contribution is -0.115. The van der Waals surface area contributed by atoms with Crippen LogP contribution in [0.15, 0.2) is 24.3 Å². The summed E-state index contributed by atoms with van der Waals surface area (Å²) in [6, 6.07) is 6.60. The van der Waals surface area contributed by atoms with Gasteiger partial charge in [-0.15, -0.1) is 0 Å². The van der Waals surface area contributed by atoms with Gasteiger partial charge in [-0.05, 0) is 37.1 Å². The smallest absolute Gasteiger partial charge is 0.334 e.